The number of pyridine rings is 2. The molecule has 362 valence electrons. The molecule has 4 aromatic rings. The molecule has 2 amide bonds. The van der Waals surface area contributed by atoms with Crippen molar-refractivity contribution in [3.8, 4) is 11.5 Å². The van der Waals surface area contributed by atoms with Crippen LogP contribution in [0.2, 0.25) is 20.1 Å². The summed E-state index contributed by atoms with van der Waals surface area (Å²) in [5.41, 5.74) is 1.41. The number of benzene rings is 2. The number of nitrogens with one attached hydrogen (secondary N) is 4. The van der Waals surface area contributed by atoms with Crippen molar-refractivity contribution in [2.45, 2.75) is 88.8 Å². The zero-order chi connectivity index (χ0) is 49.0. The molecule has 67 heavy (non-hydrogen) atoms. The molecule has 5 N–H and O–H groups in total. The highest BCUT2D eigenvalue weighted by Gasteiger charge is 2.39. The number of ether oxygens (including phenoxy) is 1. The number of halogens is 4. The second-order valence-corrected chi connectivity index (χ2v) is 24.3. The van der Waals surface area contributed by atoms with E-state index in [2.05, 4.69) is 19.4 Å². The maximum absolute atomic E-state index is 14.1. The largest absolute Gasteiger partial charge is 0.598 e. The zero-order valence-corrected chi connectivity index (χ0v) is 42.7. The first-order valence-corrected chi connectivity index (χ1v) is 25.6. The van der Waals surface area contributed by atoms with Gasteiger partial charge in [0.15, 0.2) is 0 Å². The molecule has 2 aromatic heterocycles. The maximum atomic E-state index is 14.1. The fourth-order valence-corrected chi connectivity index (χ4v) is 10.5. The van der Waals surface area contributed by atoms with Crippen LogP contribution in [0.25, 0.3) is 6.08 Å². The van der Waals surface area contributed by atoms with Crippen LogP contribution in [0, 0.1) is 11.8 Å². The smallest absolute Gasteiger partial charge is 0.255 e. The molecule has 4 heterocycles. The summed E-state index contributed by atoms with van der Waals surface area (Å²) >= 11 is 22.7. The van der Waals surface area contributed by atoms with Gasteiger partial charge in [0.2, 0.25) is 11.1 Å². The fraction of sp³-hybridized carbons (Fsp3) is 0.447. The molecule has 2 aliphatic rings. The molecule has 0 bridgehead atoms. The number of likely N-dealkylation sites (tertiary alicyclic amines) is 2. The predicted octanol–water partition coefficient (Wildman–Crippen LogP) is 8.77. The Labute approximate surface area is 416 Å². The van der Waals surface area contributed by atoms with Gasteiger partial charge in [-0.15, -0.1) is 9.44 Å². The van der Waals surface area contributed by atoms with E-state index in [0.717, 1.165) is 0 Å². The van der Waals surface area contributed by atoms with Crippen LogP contribution in [-0.2, 0) is 22.7 Å². The summed E-state index contributed by atoms with van der Waals surface area (Å²) in [7, 11) is 0. The summed E-state index contributed by atoms with van der Waals surface area (Å²) in [4.78, 5) is 60.2. The topological polar surface area (TPSA) is 206 Å². The summed E-state index contributed by atoms with van der Waals surface area (Å²) in [6.45, 7) is 12.6. The molecule has 20 heteroatoms. The minimum absolute atomic E-state index is 0.0101. The van der Waals surface area contributed by atoms with Gasteiger partial charge in [0.25, 0.3) is 11.8 Å². The van der Waals surface area contributed by atoms with Gasteiger partial charge in [-0.2, -0.15) is 0 Å². The van der Waals surface area contributed by atoms with Crippen LogP contribution >= 0.6 is 46.4 Å². The van der Waals surface area contributed by atoms with Gasteiger partial charge < -0.3 is 38.7 Å². The van der Waals surface area contributed by atoms with Gasteiger partial charge in [-0.3, -0.25) is 19.2 Å². The summed E-state index contributed by atoms with van der Waals surface area (Å²) in [5, 5.41) is 11.9. The van der Waals surface area contributed by atoms with Crippen LogP contribution < -0.4 is 25.3 Å². The number of carbonyl (C=O) groups excluding carboxylic acids is 2. The first-order valence-electron chi connectivity index (χ1n) is 21.8. The van der Waals surface area contributed by atoms with Gasteiger partial charge in [0, 0.05) is 96.7 Å². The molecule has 0 radical (unpaired) electrons. The van der Waals surface area contributed by atoms with Crippen LogP contribution in [0.4, 0.5) is 0 Å². The second-order valence-electron chi connectivity index (χ2n) is 18.7. The quantitative estimate of drug-likeness (QED) is 0.0760. The van der Waals surface area contributed by atoms with Crippen LogP contribution in [0.15, 0.2) is 70.5 Å². The van der Waals surface area contributed by atoms with Crippen LogP contribution in [-0.4, -0.2) is 88.1 Å². The van der Waals surface area contributed by atoms with Crippen molar-refractivity contribution >= 4 is 87.0 Å². The number of rotatable bonds is 14. The number of aromatic amines is 2. The van der Waals surface area contributed by atoms with Crippen molar-refractivity contribution in [2.24, 2.45) is 11.8 Å². The molecule has 2 aromatic carbocycles. The predicted molar refractivity (Wildman–Crippen MR) is 268 cm³/mol. The third-order valence-electron chi connectivity index (χ3n) is 11.8. The Hall–Kier alpha value is -3.68. The minimum Gasteiger partial charge on any atom is -0.598 e. The fourth-order valence-electron chi connectivity index (χ4n) is 8.02. The Kier molecular flexibility index (Phi) is 17.6. The standard InChI is InChI=1S/C47H56Cl4N6O8S2/c1-46(2,3)66(63)54-42(31-21-34(48)36(50)23-38(31)58)27-13-17-57(18-14-27)45(62)33-26-53-41(60)20-29(33)8-7-19-65-39-24-37(51)35(49)22-32(39)43(55-67(64)47(4,5)6)28-11-15-56(16-12-28)44(61)30-9-10-40(59)52-25-30/h7-10,20-28,42-43,54-55,58H,11-19H2,1-6H3,(H,52,59)(H,53,60)/t42-,43-,66+,67+/m1/s1. The normalized spacial score (nSPS) is 17.4. The van der Waals surface area contributed by atoms with E-state index in [1.165, 1.54) is 36.7 Å². The van der Waals surface area contributed by atoms with Gasteiger partial charge in [-0.1, -0.05) is 52.5 Å². The van der Waals surface area contributed by atoms with Crippen LogP contribution in [0.3, 0.4) is 0 Å². The van der Waals surface area contributed by atoms with Gasteiger partial charge in [0.1, 0.15) is 27.6 Å². The summed E-state index contributed by atoms with van der Waals surface area (Å²) in [6.07, 6.45) is 8.24. The third-order valence-corrected chi connectivity index (χ3v) is 16.4. The molecule has 14 nitrogen and oxygen atoms in total. The Morgan fingerprint density at radius 1 is 0.746 bits per heavy atom. The van der Waals surface area contributed by atoms with Crippen molar-refractivity contribution in [3.63, 3.8) is 0 Å². The zero-order valence-electron chi connectivity index (χ0n) is 38.1. The molecule has 0 aliphatic carbocycles. The molecular formula is C47H56Cl4N6O8S2. The van der Waals surface area contributed by atoms with Gasteiger partial charge in [-0.05, 0) is 109 Å². The van der Waals surface area contributed by atoms with E-state index < -0.39 is 49.9 Å². The maximum Gasteiger partial charge on any atom is 0.255 e. The molecule has 2 fully saturated rings. The average molecular weight is 1040 g/mol. The van der Waals surface area contributed by atoms with E-state index in [1.807, 2.05) is 41.5 Å². The first kappa shape index (κ1) is 52.7. The van der Waals surface area contributed by atoms with Gasteiger partial charge in [0.05, 0.1) is 43.3 Å². The van der Waals surface area contributed by atoms with Crippen LogP contribution in [0.5, 0.6) is 11.5 Å². The number of nitrogens with zero attached hydrogens (tertiary/aromatic N) is 2. The number of hydrogen-bond acceptors (Lipinski definition) is 10. The summed E-state index contributed by atoms with van der Waals surface area (Å²) in [5.74, 6) is -0.431. The lowest BCUT2D eigenvalue weighted by atomic mass is 9.85. The van der Waals surface area contributed by atoms with Crippen LogP contribution in [0.1, 0.15) is 117 Å². The lowest BCUT2D eigenvalue weighted by molar-refractivity contribution is 0.0666. The minimum atomic E-state index is -1.52. The average Bonchev–Trinajstić information content (AvgIpc) is 3.28. The Bertz CT molecular complexity index is 2550. The second kappa shape index (κ2) is 22.4. The van der Waals surface area contributed by atoms with Crippen molar-refractivity contribution < 1.29 is 28.5 Å². The molecule has 2 aliphatic heterocycles. The number of piperidine rings is 2. The third kappa shape index (κ3) is 13.4. The molecule has 0 saturated carbocycles. The highest BCUT2D eigenvalue weighted by atomic mass is 35.5. The number of phenols is 1. The molecule has 0 spiro atoms. The van der Waals surface area contributed by atoms with Gasteiger partial charge in [-0.25, -0.2) is 0 Å². The van der Waals surface area contributed by atoms with Gasteiger partial charge >= 0.3 is 0 Å². The van der Waals surface area contributed by atoms with E-state index in [9.17, 15) is 33.4 Å². The Morgan fingerprint density at radius 3 is 1.78 bits per heavy atom. The molecule has 2 saturated heterocycles. The number of aromatic hydroxyl groups is 1. The molecule has 6 rings (SSSR count). The number of hydrogen-bond donors (Lipinski definition) is 5. The number of aromatic nitrogens is 2. The van der Waals surface area contributed by atoms with E-state index in [-0.39, 0.29) is 67.2 Å². The van der Waals surface area contributed by atoms with Crippen molar-refractivity contribution in [1.82, 2.24) is 29.2 Å². The summed E-state index contributed by atoms with van der Waals surface area (Å²) in [6, 6.07) is 9.33. The molecule has 0 unspecified atom stereocenters. The van der Waals surface area contributed by atoms with Crippen molar-refractivity contribution in [2.75, 3.05) is 32.8 Å². The highest BCUT2D eigenvalue weighted by molar-refractivity contribution is 7.91. The Balaban J connectivity index is 1.17. The number of H-pyrrole nitrogens is 2. The van der Waals surface area contributed by atoms with E-state index in [0.29, 0.717) is 79.9 Å². The monoisotopic (exact) mass is 1040 g/mol. The van der Waals surface area contributed by atoms with E-state index in [1.54, 1.807) is 40.2 Å². The van der Waals surface area contributed by atoms with Crippen molar-refractivity contribution in [1.29, 1.82) is 0 Å². The lowest BCUT2D eigenvalue weighted by Gasteiger charge is -2.38. The number of carbonyl (C=O) groups is 2. The SMILES string of the molecule is CC(C)(C)[S@+]([O-])N[C@@H](c1cc(Cl)c(Cl)cc1O)C1CCN(C(=O)c2c[nH]c(=O)cc2C=CCOc2cc(Cl)c(Cl)cc2[C@H](N[S@@+]([O-])C(C)(C)C)C2CCN(C(=O)c3ccc(=O)[nH]c3)CC2)CC1. The highest BCUT2D eigenvalue weighted by Crippen LogP contribution is 2.43. The van der Waals surface area contributed by atoms with E-state index >= 15 is 0 Å². The Morgan fingerprint density at radius 2 is 1.24 bits per heavy atom. The summed E-state index contributed by atoms with van der Waals surface area (Å²) < 4.78 is 38.7. The van der Waals surface area contributed by atoms with Crippen molar-refractivity contribution in [3.05, 3.63) is 130 Å². The molecule has 4 atom stereocenters. The first-order chi connectivity index (χ1) is 31.5. The lowest BCUT2D eigenvalue weighted by Crippen LogP contribution is -2.46. The molecular weight excluding hydrogens is 982 g/mol. The number of phenolic OH excluding ortho intramolecular Hbond substituents is 1. The van der Waals surface area contributed by atoms with E-state index in [4.69, 9.17) is 51.1 Å². The number of amides is 2.